The topological polar surface area (TPSA) is 90.0 Å². The van der Waals surface area contributed by atoms with Gasteiger partial charge in [-0.1, -0.05) is 62.7 Å². The molecule has 0 aromatic heterocycles. The molecule has 1 N–H and O–H groups in total. The van der Waals surface area contributed by atoms with Crippen LogP contribution in [0, 0.1) is 5.82 Å². The zero-order chi connectivity index (χ0) is 26.7. The highest BCUT2D eigenvalue weighted by atomic mass is 32.2. The predicted octanol–water partition coefficient (Wildman–Crippen LogP) is 3.20. The third kappa shape index (κ3) is 7.76. The maximum absolute atomic E-state index is 14.7. The molecule has 0 aliphatic carbocycles. The Hall–Kier alpha value is -2.98. The van der Waals surface area contributed by atoms with Crippen molar-refractivity contribution in [1.29, 1.82) is 0 Å². The molecular formula is C26H37FN4O4S. The van der Waals surface area contributed by atoms with Gasteiger partial charge >= 0.3 is 10.2 Å². The molecule has 0 saturated carbocycles. The lowest BCUT2D eigenvalue weighted by atomic mass is 10.1. The normalized spacial score (nSPS) is 12.3. The molecule has 0 bridgehead atoms. The van der Waals surface area contributed by atoms with Gasteiger partial charge in [-0.25, -0.2) is 8.70 Å². The first-order valence-electron chi connectivity index (χ1n) is 12.2. The molecule has 1 atom stereocenters. The van der Waals surface area contributed by atoms with Crippen LogP contribution in [-0.4, -0.2) is 69.2 Å². The second-order valence-electron chi connectivity index (χ2n) is 8.64. The van der Waals surface area contributed by atoms with Gasteiger partial charge in [-0.05, 0) is 37.0 Å². The first-order valence-corrected chi connectivity index (χ1v) is 13.6. The van der Waals surface area contributed by atoms with Crippen LogP contribution in [0.2, 0.25) is 0 Å². The molecule has 2 aromatic rings. The molecule has 2 rings (SSSR count). The van der Waals surface area contributed by atoms with E-state index in [2.05, 4.69) is 5.32 Å². The molecule has 8 nitrogen and oxygen atoms in total. The van der Waals surface area contributed by atoms with Crippen LogP contribution in [0.5, 0.6) is 0 Å². The van der Waals surface area contributed by atoms with Gasteiger partial charge in [-0.2, -0.15) is 12.7 Å². The van der Waals surface area contributed by atoms with Crippen LogP contribution in [-0.2, 0) is 26.2 Å². The van der Waals surface area contributed by atoms with E-state index >= 15 is 0 Å². The first-order chi connectivity index (χ1) is 17.1. The number of unbranched alkanes of at least 4 members (excludes halogenated alkanes) is 1. The minimum Gasteiger partial charge on any atom is -0.354 e. The van der Waals surface area contributed by atoms with Gasteiger partial charge in [0.1, 0.15) is 18.4 Å². The summed E-state index contributed by atoms with van der Waals surface area (Å²) in [6.45, 7) is 3.87. The number of carbonyl (C=O) groups is 2. The molecule has 2 amide bonds. The van der Waals surface area contributed by atoms with Gasteiger partial charge in [-0.3, -0.25) is 9.59 Å². The smallest absolute Gasteiger partial charge is 0.304 e. The largest absolute Gasteiger partial charge is 0.354 e. The Kier molecular flexibility index (Phi) is 11.3. The van der Waals surface area contributed by atoms with Gasteiger partial charge in [0, 0.05) is 27.2 Å². The SMILES string of the molecule is CCCCNC(=O)C(CC)N(CCc1ccccc1)C(=O)CN(c1ccccc1F)S(=O)(=O)N(C)C. The molecule has 0 aliphatic rings. The van der Waals surface area contributed by atoms with Gasteiger partial charge in [0.05, 0.1) is 5.69 Å². The molecule has 0 radical (unpaired) electrons. The number of amides is 2. The average Bonchev–Trinajstić information content (AvgIpc) is 2.86. The maximum atomic E-state index is 14.7. The third-order valence-corrected chi connectivity index (χ3v) is 7.65. The molecule has 0 heterocycles. The Morgan fingerprint density at radius 2 is 1.64 bits per heavy atom. The number of carbonyl (C=O) groups excluding carboxylic acids is 2. The Morgan fingerprint density at radius 1 is 1.00 bits per heavy atom. The monoisotopic (exact) mass is 520 g/mol. The number of nitrogens with zero attached hydrogens (tertiary/aromatic N) is 3. The maximum Gasteiger partial charge on any atom is 0.304 e. The molecule has 2 aromatic carbocycles. The lowest BCUT2D eigenvalue weighted by Gasteiger charge is -2.34. The summed E-state index contributed by atoms with van der Waals surface area (Å²) in [7, 11) is -1.57. The zero-order valence-electron chi connectivity index (χ0n) is 21.5. The number of hydrogen-bond acceptors (Lipinski definition) is 4. The molecule has 0 aliphatic heterocycles. The summed E-state index contributed by atoms with van der Waals surface area (Å²) < 4.78 is 42.6. The minimum atomic E-state index is -4.20. The number of nitrogens with one attached hydrogen (secondary N) is 1. The Balaban J connectivity index is 2.41. The third-order valence-electron chi connectivity index (χ3n) is 5.84. The van der Waals surface area contributed by atoms with Gasteiger partial charge in [0.2, 0.25) is 11.8 Å². The summed E-state index contributed by atoms with van der Waals surface area (Å²) in [5, 5.41) is 2.88. The Labute approximate surface area is 214 Å². The van der Waals surface area contributed by atoms with E-state index in [1.807, 2.05) is 37.3 Å². The summed E-state index contributed by atoms with van der Waals surface area (Å²) in [5.74, 6) is -1.65. The van der Waals surface area contributed by atoms with E-state index in [0.29, 0.717) is 19.4 Å². The van der Waals surface area contributed by atoms with Crippen molar-refractivity contribution in [3.63, 3.8) is 0 Å². The van der Waals surface area contributed by atoms with Crippen molar-refractivity contribution < 1.29 is 22.4 Å². The second-order valence-corrected chi connectivity index (χ2v) is 10.7. The van der Waals surface area contributed by atoms with Gasteiger partial charge < -0.3 is 10.2 Å². The van der Waals surface area contributed by atoms with Crippen LogP contribution in [0.15, 0.2) is 54.6 Å². The van der Waals surface area contributed by atoms with E-state index in [1.54, 1.807) is 6.92 Å². The van der Waals surface area contributed by atoms with E-state index < -0.39 is 34.5 Å². The van der Waals surface area contributed by atoms with Crippen LogP contribution in [0.3, 0.4) is 0 Å². The van der Waals surface area contributed by atoms with Crippen molar-refractivity contribution in [2.24, 2.45) is 0 Å². The summed E-state index contributed by atoms with van der Waals surface area (Å²) >= 11 is 0. The van der Waals surface area contributed by atoms with Gasteiger partial charge in [0.25, 0.3) is 0 Å². The quantitative estimate of drug-likeness (QED) is 0.388. The highest BCUT2D eigenvalue weighted by molar-refractivity contribution is 7.90. The number of rotatable bonds is 14. The van der Waals surface area contributed by atoms with E-state index in [0.717, 1.165) is 33.1 Å². The van der Waals surface area contributed by atoms with E-state index in [1.165, 1.54) is 37.2 Å². The molecule has 198 valence electrons. The summed E-state index contributed by atoms with van der Waals surface area (Å²) in [5.41, 5.74) is 0.742. The van der Waals surface area contributed by atoms with Gasteiger partial charge in [0.15, 0.2) is 0 Å². The lowest BCUT2D eigenvalue weighted by Crippen LogP contribution is -2.54. The molecular weight excluding hydrogens is 483 g/mol. The Bertz CT molecular complexity index is 1100. The van der Waals surface area contributed by atoms with Crippen LogP contribution < -0.4 is 9.62 Å². The number of hydrogen-bond donors (Lipinski definition) is 1. The fourth-order valence-electron chi connectivity index (χ4n) is 3.76. The average molecular weight is 521 g/mol. The van der Waals surface area contributed by atoms with E-state index in [4.69, 9.17) is 0 Å². The number of halogens is 1. The van der Waals surface area contributed by atoms with Crippen LogP contribution in [0.4, 0.5) is 10.1 Å². The number of para-hydroxylation sites is 1. The molecule has 0 spiro atoms. The lowest BCUT2D eigenvalue weighted by molar-refractivity contribution is -0.139. The van der Waals surface area contributed by atoms with Gasteiger partial charge in [-0.15, -0.1) is 0 Å². The highest BCUT2D eigenvalue weighted by Crippen LogP contribution is 2.23. The van der Waals surface area contributed by atoms with Crippen molar-refractivity contribution in [3.8, 4) is 0 Å². The minimum absolute atomic E-state index is 0.204. The van der Waals surface area contributed by atoms with Crippen LogP contribution >= 0.6 is 0 Å². The van der Waals surface area contributed by atoms with Crippen LogP contribution in [0.1, 0.15) is 38.7 Å². The van der Waals surface area contributed by atoms with Crippen molar-refractivity contribution in [3.05, 3.63) is 66.0 Å². The fourth-order valence-corrected chi connectivity index (χ4v) is 4.82. The number of anilines is 1. The van der Waals surface area contributed by atoms with E-state index in [-0.39, 0.29) is 18.1 Å². The standard InChI is InChI=1S/C26H37FN4O4S/c1-5-7-18-28-26(33)23(6-2)30(19-17-21-13-9-8-10-14-21)25(32)20-31(36(34,35)29(3)4)24-16-12-11-15-22(24)27/h8-16,23H,5-7,17-20H2,1-4H3,(H,28,33). The summed E-state index contributed by atoms with van der Waals surface area (Å²) in [6, 6.07) is 14.1. The van der Waals surface area contributed by atoms with E-state index in [9.17, 15) is 22.4 Å². The molecule has 36 heavy (non-hydrogen) atoms. The molecule has 10 heteroatoms. The summed E-state index contributed by atoms with van der Waals surface area (Å²) in [4.78, 5) is 28.1. The Morgan fingerprint density at radius 3 is 2.22 bits per heavy atom. The molecule has 0 saturated heterocycles. The van der Waals surface area contributed by atoms with Crippen LogP contribution in [0.25, 0.3) is 0 Å². The summed E-state index contributed by atoms with van der Waals surface area (Å²) in [6.07, 6.45) is 2.54. The zero-order valence-corrected chi connectivity index (χ0v) is 22.3. The molecule has 0 fully saturated rings. The van der Waals surface area contributed by atoms with Crippen molar-refractivity contribution in [1.82, 2.24) is 14.5 Å². The molecule has 1 unspecified atom stereocenters. The van der Waals surface area contributed by atoms with Crippen molar-refractivity contribution >= 4 is 27.7 Å². The second kappa shape index (κ2) is 13.9. The van der Waals surface area contributed by atoms with Crippen molar-refractivity contribution in [2.75, 3.05) is 38.0 Å². The first kappa shape index (κ1) is 29.3. The number of benzene rings is 2. The highest BCUT2D eigenvalue weighted by Gasteiger charge is 2.34. The fraction of sp³-hybridized carbons (Fsp3) is 0.462. The van der Waals surface area contributed by atoms with Crippen molar-refractivity contribution in [2.45, 2.75) is 45.6 Å². The predicted molar refractivity (Wildman–Crippen MR) is 140 cm³/mol.